The summed E-state index contributed by atoms with van der Waals surface area (Å²) < 4.78 is 5.38. The van der Waals surface area contributed by atoms with Gasteiger partial charge in [0.05, 0.1) is 11.0 Å². The lowest BCUT2D eigenvalue weighted by Gasteiger charge is -2.30. The zero-order valence-electron chi connectivity index (χ0n) is 15.7. The Morgan fingerprint density at radius 2 is 1.93 bits per heavy atom. The first-order valence-electron chi connectivity index (χ1n) is 9.55. The van der Waals surface area contributed by atoms with Gasteiger partial charge in [-0.2, -0.15) is 0 Å². The molecule has 0 saturated carbocycles. The maximum Gasteiger partial charge on any atom is 0.310 e. The number of likely N-dealkylation sites (tertiary alicyclic amines) is 1. The second kappa shape index (κ2) is 10.2. The number of amides is 1. The van der Waals surface area contributed by atoms with Crippen LogP contribution in [-0.4, -0.2) is 42.0 Å². The van der Waals surface area contributed by atoms with E-state index >= 15 is 0 Å². The number of benzene rings is 1. The highest BCUT2D eigenvalue weighted by Crippen LogP contribution is 2.28. The third kappa shape index (κ3) is 5.53. The number of nitro benzene ring substituents is 1. The topological polar surface area (TPSA) is 84.7 Å². The lowest BCUT2D eigenvalue weighted by atomic mass is 10.2. The molecule has 0 spiro atoms. The molecule has 1 aliphatic heterocycles. The fraction of sp³-hybridized carbons (Fsp3) is 0.450. The Hall–Kier alpha value is -2.45. The molecule has 1 saturated heterocycles. The molecule has 1 N–H and O–H groups in total. The van der Waals surface area contributed by atoms with Gasteiger partial charge in [-0.05, 0) is 43.4 Å². The lowest BCUT2D eigenvalue weighted by molar-refractivity contribution is -0.385. The monoisotopic (exact) mass is 403 g/mol. The van der Waals surface area contributed by atoms with E-state index in [9.17, 15) is 14.9 Å². The molecule has 28 heavy (non-hydrogen) atoms. The van der Waals surface area contributed by atoms with Crippen LogP contribution < -0.4 is 10.1 Å². The standard InChI is InChI=1S/C20H25N3O4S/c24-20(15-27-18-9-4-3-8-16(18)23(25)26)21-14-17(19-10-7-13-28-19)22-11-5-1-2-6-12-22/h3-4,7-10,13,17H,1-2,5-6,11-12,14-15H2,(H,21,24)/t17-/m0/s1. The molecular weight excluding hydrogens is 378 g/mol. The molecule has 3 rings (SSSR count). The van der Waals surface area contributed by atoms with Crippen LogP contribution in [-0.2, 0) is 4.79 Å². The van der Waals surface area contributed by atoms with E-state index in [1.165, 1.54) is 42.7 Å². The van der Waals surface area contributed by atoms with E-state index in [4.69, 9.17) is 4.74 Å². The number of nitrogens with one attached hydrogen (secondary N) is 1. The van der Waals surface area contributed by atoms with Gasteiger partial charge >= 0.3 is 5.69 Å². The summed E-state index contributed by atoms with van der Waals surface area (Å²) in [7, 11) is 0. The van der Waals surface area contributed by atoms with Crippen LogP contribution in [0.1, 0.15) is 36.6 Å². The molecule has 1 amide bonds. The minimum atomic E-state index is -0.514. The molecule has 0 bridgehead atoms. The van der Waals surface area contributed by atoms with Crippen LogP contribution in [0.2, 0.25) is 0 Å². The highest BCUT2D eigenvalue weighted by atomic mass is 32.1. The third-order valence-corrected chi connectivity index (χ3v) is 5.84. The fourth-order valence-electron chi connectivity index (χ4n) is 3.43. The van der Waals surface area contributed by atoms with Crippen molar-refractivity contribution in [2.45, 2.75) is 31.7 Å². The van der Waals surface area contributed by atoms with Crippen LogP contribution in [0.25, 0.3) is 0 Å². The van der Waals surface area contributed by atoms with E-state index in [-0.39, 0.29) is 30.0 Å². The summed E-state index contributed by atoms with van der Waals surface area (Å²) in [6.07, 6.45) is 4.86. The van der Waals surface area contributed by atoms with Crippen LogP contribution in [0, 0.1) is 10.1 Å². The van der Waals surface area contributed by atoms with Crippen molar-refractivity contribution < 1.29 is 14.5 Å². The summed E-state index contributed by atoms with van der Waals surface area (Å²) in [5, 5.41) is 16.0. The quantitative estimate of drug-likeness (QED) is 0.536. The highest BCUT2D eigenvalue weighted by molar-refractivity contribution is 7.10. The summed E-state index contributed by atoms with van der Waals surface area (Å²) in [4.78, 5) is 26.5. The van der Waals surface area contributed by atoms with Gasteiger partial charge in [-0.25, -0.2) is 0 Å². The number of nitrogens with zero attached hydrogens (tertiary/aromatic N) is 2. The second-order valence-electron chi connectivity index (χ2n) is 6.80. The molecule has 1 atom stereocenters. The van der Waals surface area contributed by atoms with Crippen molar-refractivity contribution in [1.29, 1.82) is 0 Å². The van der Waals surface area contributed by atoms with Crippen molar-refractivity contribution in [3.8, 4) is 5.75 Å². The van der Waals surface area contributed by atoms with Crippen molar-refractivity contribution in [1.82, 2.24) is 10.2 Å². The number of para-hydroxylation sites is 2. The van der Waals surface area contributed by atoms with Crippen molar-refractivity contribution in [2.75, 3.05) is 26.2 Å². The highest BCUT2D eigenvalue weighted by Gasteiger charge is 2.23. The molecule has 150 valence electrons. The fourth-order valence-corrected chi connectivity index (χ4v) is 4.29. The molecule has 2 aromatic rings. The molecular formula is C20H25N3O4S. The maximum absolute atomic E-state index is 12.3. The van der Waals surface area contributed by atoms with Crippen LogP contribution in [0.4, 0.5) is 5.69 Å². The third-order valence-electron chi connectivity index (χ3n) is 4.87. The summed E-state index contributed by atoms with van der Waals surface area (Å²) in [6, 6.07) is 10.4. The minimum absolute atomic E-state index is 0.102. The van der Waals surface area contributed by atoms with Crippen LogP contribution in [0.3, 0.4) is 0 Å². The van der Waals surface area contributed by atoms with E-state index in [0.29, 0.717) is 6.54 Å². The molecule has 1 aromatic carbocycles. The van der Waals surface area contributed by atoms with E-state index in [1.807, 2.05) is 6.07 Å². The summed E-state index contributed by atoms with van der Waals surface area (Å²) in [5.74, 6) is -0.181. The average molecular weight is 404 g/mol. The SMILES string of the molecule is O=C(COc1ccccc1[N+](=O)[O-])NC[C@@H](c1cccs1)N1CCCCCC1. The molecule has 0 radical (unpaired) electrons. The predicted octanol–water partition coefficient (Wildman–Crippen LogP) is 3.77. The average Bonchev–Trinajstić information content (AvgIpc) is 3.09. The van der Waals surface area contributed by atoms with Crippen LogP contribution >= 0.6 is 11.3 Å². The van der Waals surface area contributed by atoms with Crippen molar-refractivity contribution in [2.24, 2.45) is 0 Å². The van der Waals surface area contributed by atoms with E-state index in [1.54, 1.807) is 23.5 Å². The number of ether oxygens (including phenoxy) is 1. The van der Waals surface area contributed by atoms with Gasteiger partial charge < -0.3 is 10.1 Å². The Bertz CT molecular complexity index is 774. The van der Waals surface area contributed by atoms with Gasteiger partial charge in [0.1, 0.15) is 0 Å². The van der Waals surface area contributed by atoms with Gasteiger partial charge in [-0.3, -0.25) is 19.8 Å². The number of carbonyl (C=O) groups excluding carboxylic acids is 1. The Balaban J connectivity index is 1.57. The van der Waals surface area contributed by atoms with E-state index < -0.39 is 4.92 Å². The normalized spacial score (nSPS) is 16.1. The Kier molecular flexibility index (Phi) is 7.39. The number of carbonyl (C=O) groups is 1. The molecule has 0 unspecified atom stereocenters. The molecule has 1 aliphatic rings. The van der Waals surface area contributed by atoms with E-state index in [2.05, 4.69) is 21.7 Å². The van der Waals surface area contributed by atoms with Crippen LogP contribution in [0.5, 0.6) is 5.75 Å². The van der Waals surface area contributed by atoms with Gasteiger partial charge in [-0.15, -0.1) is 11.3 Å². The second-order valence-corrected chi connectivity index (χ2v) is 7.78. The number of thiophene rings is 1. The number of hydrogen-bond donors (Lipinski definition) is 1. The molecule has 0 aliphatic carbocycles. The Morgan fingerprint density at radius 3 is 2.61 bits per heavy atom. The Labute approximate surface area is 168 Å². The zero-order chi connectivity index (χ0) is 19.8. The first-order chi connectivity index (χ1) is 13.6. The lowest BCUT2D eigenvalue weighted by Crippen LogP contribution is -2.39. The zero-order valence-corrected chi connectivity index (χ0v) is 16.5. The Morgan fingerprint density at radius 1 is 1.18 bits per heavy atom. The maximum atomic E-state index is 12.3. The summed E-state index contributed by atoms with van der Waals surface area (Å²) in [6.45, 7) is 2.32. The molecule has 7 nitrogen and oxygen atoms in total. The van der Waals surface area contributed by atoms with Gasteiger partial charge in [-0.1, -0.05) is 31.0 Å². The number of nitro groups is 1. The number of rotatable bonds is 8. The summed E-state index contributed by atoms with van der Waals surface area (Å²) >= 11 is 1.70. The number of hydrogen-bond acceptors (Lipinski definition) is 6. The van der Waals surface area contributed by atoms with Crippen molar-refractivity contribution >= 4 is 22.9 Å². The summed E-state index contributed by atoms with van der Waals surface area (Å²) in [5.41, 5.74) is -0.142. The van der Waals surface area contributed by atoms with E-state index in [0.717, 1.165) is 13.1 Å². The van der Waals surface area contributed by atoms with Crippen molar-refractivity contribution in [3.63, 3.8) is 0 Å². The minimum Gasteiger partial charge on any atom is -0.477 e. The van der Waals surface area contributed by atoms with Crippen molar-refractivity contribution in [3.05, 3.63) is 56.8 Å². The first-order valence-corrected chi connectivity index (χ1v) is 10.4. The van der Waals surface area contributed by atoms with Gasteiger partial charge in [0, 0.05) is 17.5 Å². The van der Waals surface area contributed by atoms with Gasteiger partial charge in [0.15, 0.2) is 12.4 Å². The van der Waals surface area contributed by atoms with Gasteiger partial charge in [0.25, 0.3) is 5.91 Å². The molecule has 1 aromatic heterocycles. The largest absolute Gasteiger partial charge is 0.477 e. The van der Waals surface area contributed by atoms with Gasteiger partial charge in [0.2, 0.25) is 0 Å². The predicted molar refractivity (Wildman–Crippen MR) is 109 cm³/mol. The molecule has 1 fully saturated rings. The smallest absolute Gasteiger partial charge is 0.310 e. The molecule has 2 heterocycles. The molecule has 8 heteroatoms. The van der Waals surface area contributed by atoms with Crippen LogP contribution in [0.15, 0.2) is 41.8 Å². The first kappa shape index (κ1) is 20.3.